The van der Waals surface area contributed by atoms with Gasteiger partial charge >= 0.3 is 11.9 Å². The van der Waals surface area contributed by atoms with E-state index in [4.69, 9.17) is 18.9 Å². The number of esters is 2. The fourth-order valence-electron chi connectivity index (χ4n) is 5.38. The fourth-order valence-corrected chi connectivity index (χ4v) is 6.88. The van der Waals surface area contributed by atoms with Gasteiger partial charge in [-0.25, -0.2) is 4.79 Å². The van der Waals surface area contributed by atoms with Crippen molar-refractivity contribution in [3.8, 4) is 0 Å². The van der Waals surface area contributed by atoms with Gasteiger partial charge in [-0.15, -0.1) is 23.1 Å². The molecule has 43 heavy (non-hydrogen) atoms. The van der Waals surface area contributed by atoms with Crippen molar-refractivity contribution < 1.29 is 38.1 Å². The summed E-state index contributed by atoms with van der Waals surface area (Å²) in [5.41, 5.74) is -0.359. The van der Waals surface area contributed by atoms with E-state index in [0.29, 0.717) is 0 Å². The third kappa shape index (κ3) is 5.92. The Bertz CT molecular complexity index is 1420. The van der Waals surface area contributed by atoms with E-state index in [1.807, 2.05) is 78.2 Å². The van der Waals surface area contributed by atoms with Crippen LogP contribution in [-0.4, -0.2) is 78.0 Å². The number of nitrogens with one attached hydrogen (secondary N) is 1. The molecular formula is C31H32N2O8S2. The average Bonchev–Trinajstić information content (AvgIpc) is 3.54. The van der Waals surface area contributed by atoms with E-state index in [0.717, 1.165) is 16.0 Å². The molecule has 2 saturated heterocycles. The van der Waals surface area contributed by atoms with Crippen LogP contribution in [0.3, 0.4) is 0 Å². The number of benzene rings is 2. The van der Waals surface area contributed by atoms with Crippen LogP contribution in [0.1, 0.15) is 29.0 Å². The Morgan fingerprint density at radius 2 is 1.72 bits per heavy atom. The van der Waals surface area contributed by atoms with E-state index < -0.39 is 52.6 Å². The highest BCUT2D eigenvalue weighted by Crippen LogP contribution is 2.47. The van der Waals surface area contributed by atoms with Gasteiger partial charge < -0.3 is 24.3 Å². The number of hydrogen-bond acceptors (Lipinski definition) is 10. The lowest BCUT2D eigenvalue weighted by atomic mass is 9.86. The summed E-state index contributed by atoms with van der Waals surface area (Å²) >= 11 is 2.65. The maximum Gasteiger partial charge on any atom is 0.331 e. The number of thiophene rings is 1. The second-order valence-electron chi connectivity index (χ2n) is 10.2. The molecule has 2 fully saturated rings. The lowest BCUT2D eigenvalue weighted by Gasteiger charge is -2.61. The largest absolute Gasteiger partial charge is 0.464 e. The van der Waals surface area contributed by atoms with Crippen LogP contribution in [0.25, 0.3) is 0 Å². The molecule has 10 nitrogen and oxygen atoms in total. The summed E-state index contributed by atoms with van der Waals surface area (Å²) in [5.74, 6) is -2.36. The third-order valence-corrected chi connectivity index (χ3v) is 9.71. The van der Waals surface area contributed by atoms with Crippen LogP contribution in [0.5, 0.6) is 0 Å². The molecule has 0 radical (unpaired) electrons. The van der Waals surface area contributed by atoms with Gasteiger partial charge in [0.25, 0.3) is 11.6 Å². The highest BCUT2D eigenvalue weighted by molar-refractivity contribution is 8.00. The maximum atomic E-state index is 14.3. The van der Waals surface area contributed by atoms with Crippen LogP contribution in [0.15, 0.2) is 78.2 Å². The molecular weight excluding hydrogens is 592 g/mol. The monoisotopic (exact) mass is 624 g/mol. The van der Waals surface area contributed by atoms with Gasteiger partial charge in [-0.05, 0) is 28.8 Å². The number of amides is 2. The first-order valence-corrected chi connectivity index (χ1v) is 15.7. The van der Waals surface area contributed by atoms with E-state index in [1.54, 1.807) is 6.26 Å². The molecule has 1 N–H and O–H groups in total. The van der Waals surface area contributed by atoms with Crippen LogP contribution >= 0.6 is 23.1 Å². The number of β-lactam (4-membered cyclic amide) rings is 1. The standard InChI is InChI=1S/C31H32N2O8S2/c1-20(34)39-18-30(42-3)19-40-29-31(38-2,32-24(35)17-23-15-10-16-43-23)28(37)33(29)26(30)27(36)41-25(21-11-6-4-7-12-21)22-13-8-5-9-14-22/h4-16,25-26,29H,17-19H2,1-3H3,(H,32,35)/t26-,29+,30+,31-/m0/s1. The second kappa shape index (κ2) is 12.9. The van der Waals surface area contributed by atoms with Crippen molar-refractivity contribution in [1.29, 1.82) is 0 Å². The Hall–Kier alpha value is -3.71. The lowest BCUT2D eigenvalue weighted by Crippen LogP contribution is -2.88. The molecule has 226 valence electrons. The van der Waals surface area contributed by atoms with Gasteiger partial charge in [0.1, 0.15) is 11.4 Å². The molecule has 0 aliphatic carbocycles. The first-order valence-electron chi connectivity index (χ1n) is 13.6. The minimum absolute atomic E-state index is 0.0469. The van der Waals surface area contributed by atoms with Crippen molar-refractivity contribution in [3.63, 3.8) is 0 Å². The van der Waals surface area contributed by atoms with Crippen molar-refractivity contribution in [2.45, 2.75) is 42.2 Å². The van der Waals surface area contributed by atoms with Crippen molar-refractivity contribution in [3.05, 3.63) is 94.2 Å². The van der Waals surface area contributed by atoms with Crippen molar-refractivity contribution in [2.75, 3.05) is 26.6 Å². The van der Waals surface area contributed by atoms with E-state index in [2.05, 4.69) is 5.32 Å². The van der Waals surface area contributed by atoms with Gasteiger partial charge in [0.2, 0.25) is 5.91 Å². The molecule has 3 heterocycles. The minimum Gasteiger partial charge on any atom is -0.464 e. The quantitative estimate of drug-likeness (QED) is 0.195. The van der Waals surface area contributed by atoms with Crippen LogP contribution < -0.4 is 5.32 Å². The normalized spacial score (nSPS) is 24.6. The van der Waals surface area contributed by atoms with Gasteiger partial charge in [-0.1, -0.05) is 66.7 Å². The number of nitrogens with zero attached hydrogens (tertiary/aromatic N) is 1. The molecule has 2 amide bonds. The molecule has 12 heteroatoms. The van der Waals surface area contributed by atoms with Gasteiger partial charge in [0, 0.05) is 18.9 Å². The van der Waals surface area contributed by atoms with E-state index in [-0.39, 0.29) is 19.6 Å². The number of thioether (sulfide) groups is 1. The molecule has 2 aromatic carbocycles. The van der Waals surface area contributed by atoms with E-state index >= 15 is 0 Å². The molecule has 0 unspecified atom stereocenters. The predicted molar refractivity (Wildman–Crippen MR) is 160 cm³/mol. The molecule has 3 aromatic rings. The SMILES string of the molecule is CO[C@@]1(NC(=O)Cc2cccs2)C(=O)N2[C@@H](C(=O)OC(c3ccccc3)c3ccccc3)[C@](COC(C)=O)(SC)CO[C@@H]21. The number of ether oxygens (including phenoxy) is 4. The highest BCUT2D eigenvalue weighted by Gasteiger charge is 2.72. The summed E-state index contributed by atoms with van der Waals surface area (Å²) in [5, 5.41) is 4.56. The third-order valence-electron chi connectivity index (χ3n) is 7.56. The van der Waals surface area contributed by atoms with Crippen molar-refractivity contribution in [2.24, 2.45) is 0 Å². The molecule has 0 saturated carbocycles. The summed E-state index contributed by atoms with van der Waals surface area (Å²) in [7, 11) is 1.30. The summed E-state index contributed by atoms with van der Waals surface area (Å²) in [6.45, 7) is 0.956. The zero-order chi connectivity index (χ0) is 30.6. The summed E-state index contributed by atoms with van der Waals surface area (Å²) in [4.78, 5) is 55.1. The molecule has 1 aromatic heterocycles. The Labute approximate surface area is 257 Å². The second-order valence-corrected chi connectivity index (χ2v) is 12.5. The van der Waals surface area contributed by atoms with Crippen LogP contribution in [0.2, 0.25) is 0 Å². The van der Waals surface area contributed by atoms with E-state index in [1.165, 1.54) is 42.0 Å². The molecule has 2 aliphatic heterocycles. The molecule has 5 rings (SSSR count). The van der Waals surface area contributed by atoms with Crippen LogP contribution in [0, 0.1) is 0 Å². The molecule has 0 bridgehead atoms. The molecule has 2 aliphatic rings. The van der Waals surface area contributed by atoms with Crippen molar-refractivity contribution >= 4 is 46.9 Å². The fraction of sp³-hybridized carbons (Fsp3) is 0.355. The first kappa shape index (κ1) is 30.7. The van der Waals surface area contributed by atoms with E-state index in [9.17, 15) is 19.2 Å². The minimum atomic E-state index is -1.84. The highest BCUT2D eigenvalue weighted by atomic mass is 32.2. The number of hydrogen-bond donors (Lipinski definition) is 1. The number of carbonyl (C=O) groups excluding carboxylic acids is 4. The number of methoxy groups -OCH3 is 1. The first-order chi connectivity index (χ1) is 20.7. The zero-order valence-corrected chi connectivity index (χ0v) is 25.5. The summed E-state index contributed by atoms with van der Waals surface area (Å²) < 4.78 is 22.1. The summed E-state index contributed by atoms with van der Waals surface area (Å²) in [6, 6.07) is 21.0. The van der Waals surface area contributed by atoms with Gasteiger partial charge in [-0.2, -0.15) is 0 Å². The van der Waals surface area contributed by atoms with Gasteiger partial charge in [0.15, 0.2) is 18.4 Å². The molecule has 4 atom stereocenters. The van der Waals surface area contributed by atoms with Crippen LogP contribution in [-0.2, 0) is 44.5 Å². The number of carbonyl (C=O) groups is 4. The van der Waals surface area contributed by atoms with Crippen LogP contribution in [0.4, 0.5) is 0 Å². The molecule has 0 spiro atoms. The Morgan fingerprint density at radius 1 is 1.07 bits per heavy atom. The topological polar surface area (TPSA) is 120 Å². The van der Waals surface area contributed by atoms with Gasteiger partial charge in [0.05, 0.1) is 13.0 Å². The number of rotatable bonds is 11. The number of fused-ring (bicyclic) bond motifs is 1. The Kier molecular flexibility index (Phi) is 9.21. The Morgan fingerprint density at radius 3 is 2.26 bits per heavy atom. The zero-order valence-electron chi connectivity index (χ0n) is 23.9. The van der Waals surface area contributed by atoms with Crippen molar-refractivity contribution in [1.82, 2.24) is 10.2 Å². The smallest absolute Gasteiger partial charge is 0.331 e. The maximum absolute atomic E-state index is 14.3. The predicted octanol–water partition coefficient (Wildman–Crippen LogP) is 3.31. The summed E-state index contributed by atoms with van der Waals surface area (Å²) in [6.07, 6.45) is -0.112. The lowest BCUT2D eigenvalue weighted by molar-refractivity contribution is -0.290. The van der Waals surface area contributed by atoms with Gasteiger partial charge in [-0.3, -0.25) is 19.3 Å². The Balaban J connectivity index is 1.48. The average molecular weight is 625 g/mol.